The number of hydrogen-bond acceptors (Lipinski definition) is 3. The lowest BCUT2D eigenvalue weighted by atomic mass is 9.49. The summed E-state index contributed by atoms with van der Waals surface area (Å²) in [7, 11) is 0. The molecule has 4 aliphatic rings. The monoisotopic (exact) mass is 402 g/mol. The van der Waals surface area contributed by atoms with E-state index >= 15 is 0 Å². The Labute approximate surface area is 174 Å². The zero-order chi connectivity index (χ0) is 20.3. The van der Waals surface area contributed by atoms with Gasteiger partial charge in [-0.2, -0.15) is 5.10 Å². The van der Waals surface area contributed by atoms with E-state index < -0.39 is 0 Å². The molecule has 6 nitrogen and oxygen atoms in total. The Morgan fingerprint density at radius 3 is 2.47 bits per heavy atom. The smallest absolute Gasteiger partial charge is 0.264 e. The Morgan fingerprint density at radius 2 is 1.80 bits per heavy atom. The number of carbonyl (C=O) groups is 1. The molecule has 0 radical (unpaired) electrons. The standard InChI is InChI=1S/C24H26N4O2/c29-22(14-24-11-15-8-16(12-24)10-17(9-15)13-24)26-20-3-1-2-19-18(20)5-7-28(23(19)30)21-4-6-25-27-21/h1-7,15-17H,8-14H2,(H,25,27)(H,26,29). The molecule has 7 rings (SSSR count). The van der Waals surface area contributed by atoms with Crippen molar-refractivity contribution in [2.24, 2.45) is 23.2 Å². The van der Waals surface area contributed by atoms with Crippen molar-refractivity contribution in [2.45, 2.75) is 44.9 Å². The average Bonchev–Trinajstić information content (AvgIpc) is 3.22. The Kier molecular flexibility index (Phi) is 3.92. The quantitative estimate of drug-likeness (QED) is 0.684. The van der Waals surface area contributed by atoms with Gasteiger partial charge in [0, 0.05) is 41.3 Å². The van der Waals surface area contributed by atoms with E-state index in [-0.39, 0.29) is 16.9 Å². The number of amides is 1. The van der Waals surface area contributed by atoms with Gasteiger partial charge in [-0.1, -0.05) is 6.07 Å². The molecule has 1 aromatic carbocycles. The second-order valence-electron chi connectivity index (χ2n) is 9.83. The number of H-pyrrole nitrogens is 1. The topological polar surface area (TPSA) is 79.8 Å². The largest absolute Gasteiger partial charge is 0.325 e. The van der Waals surface area contributed by atoms with Gasteiger partial charge in [-0.15, -0.1) is 0 Å². The van der Waals surface area contributed by atoms with Crippen LogP contribution in [0.5, 0.6) is 0 Å². The van der Waals surface area contributed by atoms with Crippen molar-refractivity contribution >= 4 is 22.4 Å². The number of aromatic amines is 1. The van der Waals surface area contributed by atoms with Crippen LogP contribution < -0.4 is 10.9 Å². The molecule has 0 saturated heterocycles. The van der Waals surface area contributed by atoms with Gasteiger partial charge in [0.15, 0.2) is 5.82 Å². The molecule has 0 atom stereocenters. The highest BCUT2D eigenvalue weighted by atomic mass is 16.1. The molecule has 2 aromatic heterocycles. The number of benzene rings is 1. The molecule has 4 aliphatic carbocycles. The Bertz CT molecular complexity index is 1140. The van der Waals surface area contributed by atoms with Crippen LogP contribution in [0.2, 0.25) is 0 Å². The average molecular weight is 402 g/mol. The number of nitrogens with zero attached hydrogens (tertiary/aromatic N) is 2. The third-order valence-electron chi connectivity index (χ3n) is 7.65. The highest BCUT2D eigenvalue weighted by Crippen LogP contribution is 2.61. The van der Waals surface area contributed by atoms with Crippen LogP contribution in [0.1, 0.15) is 44.9 Å². The van der Waals surface area contributed by atoms with Crippen LogP contribution >= 0.6 is 0 Å². The third-order valence-corrected chi connectivity index (χ3v) is 7.65. The van der Waals surface area contributed by atoms with Crippen molar-refractivity contribution in [3.8, 4) is 5.82 Å². The second-order valence-corrected chi connectivity index (χ2v) is 9.83. The summed E-state index contributed by atoms with van der Waals surface area (Å²) in [5.41, 5.74) is 0.779. The van der Waals surface area contributed by atoms with E-state index in [9.17, 15) is 9.59 Å². The zero-order valence-electron chi connectivity index (χ0n) is 16.9. The lowest BCUT2D eigenvalue weighted by molar-refractivity contribution is -0.124. The predicted octanol–water partition coefficient (Wildman–Crippen LogP) is 4.26. The molecule has 0 spiro atoms. The van der Waals surface area contributed by atoms with E-state index in [0.29, 0.717) is 23.3 Å². The summed E-state index contributed by atoms with van der Waals surface area (Å²) in [5, 5.41) is 11.3. The van der Waals surface area contributed by atoms with E-state index in [1.807, 2.05) is 18.2 Å². The maximum atomic E-state index is 13.1. The lowest BCUT2D eigenvalue weighted by Gasteiger charge is -2.56. The van der Waals surface area contributed by atoms with Crippen LogP contribution in [-0.2, 0) is 4.79 Å². The fourth-order valence-corrected chi connectivity index (χ4v) is 7.00. The molecule has 2 heterocycles. The number of hydrogen-bond donors (Lipinski definition) is 2. The van der Waals surface area contributed by atoms with Gasteiger partial charge in [0.2, 0.25) is 5.91 Å². The number of aromatic nitrogens is 3. The maximum Gasteiger partial charge on any atom is 0.264 e. The summed E-state index contributed by atoms with van der Waals surface area (Å²) in [4.78, 5) is 26.0. The maximum absolute atomic E-state index is 13.1. The van der Waals surface area contributed by atoms with Gasteiger partial charge >= 0.3 is 0 Å². The van der Waals surface area contributed by atoms with Crippen LogP contribution in [0.4, 0.5) is 5.69 Å². The Morgan fingerprint density at radius 1 is 1.07 bits per heavy atom. The minimum atomic E-state index is -0.142. The van der Waals surface area contributed by atoms with Gasteiger partial charge in [-0.25, -0.2) is 0 Å². The minimum absolute atomic E-state index is 0.0842. The van der Waals surface area contributed by atoms with Crippen LogP contribution in [0.25, 0.3) is 16.6 Å². The summed E-state index contributed by atoms with van der Waals surface area (Å²) < 4.78 is 1.51. The van der Waals surface area contributed by atoms with Crippen molar-refractivity contribution in [2.75, 3.05) is 5.32 Å². The molecule has 2 N–H and O–H groups in total. The summed E-state index contributed by atoms with van der Waals surface area (Å²) >= 11 is 0. The van der Waals surface area contributed by atoms with Crippen molar-refractivity contribution in [3.63, 3.8) is 0 Å². The van der Waals surface area contributed by atoms with E-state index in [0.717, 1.165) is 23.1 Å². The summed E-state index contributed by atoms with van der Waals surface area (Å²) in [6.45, 7) is 0. The van der Waals surface area contributed by atoms with E-state index in [2.05, 4.69) is 15.5 Å². The van der Waals surface area contributed by atoms with Crippen molar-refractivity contribution in [3.05, 3.63) is 53.1 Å². The first-order valence-corrected chi connectivity index (χ1v) is 11.0. The van der Waals surface area contributed by atoms with Crippen LogP contribution in [0.3, 0.4) is 0 Å². The molecule has 4 saturated carbocycles. The van der Waals surface area contributed by atoms with Gasteiger partial charge < -0.3 is 5.32 Å². The highest BCUT2D eigenvalue weighted by molar-refractivity contribution is 6.02. The first-order valence-electron chi connectivity index (χ1n) is 11.0. The van der Waals surface area contributed by atoms with E-state index in [4.69, 9.17) is 0 Å². The molecule has 0 unspecified atom stereocenters. The number of carbonyl (C=O) groups excluding carboxylic acids is 1. The third kappa shape index (κ3) is 2.89. The van der Waals surface area contributed by atoms with E-state index in [1.165, 1.54) is 43.1 Å². The molecule has 30 heavy (non-hydrogen) atoms. The SMILES string of the molecule is O=C(CC12CC3CC(CC(C3)C1)C2)Nc1cccc2c(=O)n(-c3cc[nH]n3)ccc12. The summed E-state index contributed by atoms with van der Waals surface area (Å²) in [6, 6.07) is 9.16. The molecule has 3 aromatic rings. The molecule has 6 heteroatoms. The Balaban J connectivity index is 1.27. The number of fused-ring (bicyclic) bond motifs is 1. The Hall–Kier alpha value is -2.89. The lowest BCUT2D eigenvalue weighted by Crippen LogP contribution is -2.47. The van der Waals surface area contributed by atoms with Crippen LogP contribution in [-0.4, -0.2) is 20.7 Å². The van der Waals surface area contributed by atoms with E-state index in [1.54, 1.807) is 24.5 Å². The van der Waals surface area contributed by atoms with Crippen LogP contribution in [0.15, 0.2) is 47.5 Å². The van der Waals surface area contributed by atoms with Gasteiger partial charge in [0.1, 0.15) is 0 Å². The fourth-order valence-electron chi connectivity index (χ4n) is 7.00. The number of rotatable bonds is 4. The van der Waals surface area contributed by atoms with Crippen molar-refractivity contribution in [1.29, 1.82) is 0 Å². The molecular weight excluding hydrogens is 376 g/mol. The molecular formula is C24H26N4O2. The summed E-state index contributed by atoms with van der Waals surface area (Å²) in [6.07, 6.45) is 11.8. The predicted molar refractivity (Wildman–Crippen MR) is 116 cm³/mol. The fraction of sp³-hybridized carbons (Fsp3) is 0.458. The van der Waals surface area contributed by atoms with Crippen molar-refractivity contribution < 1.29 is 4.79 Å². The molecule has 0 aliphatic heterocycles. The molecule has 4 fully saturated rings. The van der Waals surface area contributed by atoms with Gasteiger partial charge in [0.05, 0.1) is 0 Å². The van der Waals surface area contributed by atoms with Crippen molar-refractivity contribution in [1.82, 2.24) is 14.8 Å². The number of pyridine rings is 1. The van der Waals surface area contributed by atoms with Gasteiger partial charge in [-0.3, -0.25) is 19.3 Å². The highest BCUT2D eigenvalue weighted by Gasteiger charge is 2.51. The normalized spacial score (nSPS) is 29.4. The summed E-state index contributed by atoms with van der Waals surface area (Å²) in [5.74, 6) is 3.14. The first-order chi connectivity index (χ1) is 14.6. The molecule has 154 valence electrons. The number of anilines is 1. The molecule has 4 bridgehead atoms. The molecule has 1 amide bonds. The van der Waals surface area contributed by atoms with Gasteiger partial charge in [0.25, 0.3) is 5.56 Å². The van der Waals surface area contributed by atoms with Crippen LogP contribution in [0, 0.1) is 23.2 Å². The minimum Gasteiger partial charge on any atom is -0.325 e. The first kappa shape index (κ1) is 17.9. The number of nitrogens with one attached hydrogen (secondary N) is 2. The second kappa shape index (κ2) is 6.56. The van der Waals surface area contributed by atoms with Gasteiger partial charge in [-0.05, 0) is 79.9 Å². The zero-order valence-corrected chi connectivity index (χ0v) is 16.9.